The lowest BCUT2D eigenvalue weighted by Crippen LogP contribution is -2.44. The number of piperidine rings is 1. The van der Waals surface area contributed by atoms with Gasteiger partial charge in [-0.25, -0.2) is 4.79 Å². The number of hydrogen-bond acceptors (Lipinski definition) is 9. The maximum absolute atomic E-state index is 12.8. The Balaban J connectivity index is 1.30. The molecule has 0 aliphatic carbocycles. The molecule has 2 amide bonds. The highest BCUT2D eigenvalue weighted by Crippen LogP contribution is 2.25. The van der Waals surface area contributed by atoms with Crippen molar-refractivity contribution in [3.05, 3.63) is 23.9 Å². The number of likely N-dealkylation sites (tertiary alicyclic amines) is 2. The summed E-state index contributed by atoms with van der Waals surface area (Å²) in [6.45, 7) is 11.0. The van der Waals surface area contributed by atoms with Gasteiger partial charge < -0.3 is 29.5 Å². The van der Waals surface area contributed by atoms with Crippen LogP contribution in [0.5, 0.6) is 6.01 Å². The predicted molar refractivity (Wildman–Crippen MR) is 148 cm³/mol. The number of likely N-dealkylation sites (N-methyl/N-ethyl adjacent to an activating group) is 1. The Labute approximate surface area is 230 Å². The SMILES string of the molecule is CC(C)Oc1nc(NC2CCN(C(=O)OC3CCN(C(=O)/C=C/CN(C)C)C3)CC2)n2ncc(C(C)C)c2n1. The van der Waals surface area contributed by atoms with E-state index in [1.165, 1.54) is 0 Å². The van der Waals surface area contributed by atoms with E-state index in [9.17, 15) is 9.59 Å². The molecule has 2 aromatic rings. The third-order valence-electron chi connectivity index (χ3n) is 6.88. The average Bonchev–Trinajstić information content (AvgIpc) is 3.51. The first-order valence-corrected chi connectivity index (χ1v) is 13.8. The minimum atomic E-state index is -0.318. The van der Waals surface area contributed by atoms with Crippen LogP contribution in [0.4, 0.5) is 10.7 Å². The van der Waals surface area contributed by atoms with Gasteiger partial charge in [0.05, 0.1) is 18.8 Å². The molecule has 0 aromatic carbocycles. The number of aromatic nitrogens is 4. The first kappa shape index (κ1) is 28.6. The number of rotatable bonds is 9. The average molecular weight is 543 g/mol. The summed E-state index contributed by atoms with van der Waals surface area (Å²) in [4.78, 5) is 39.9. The van der Waals surface area contributed by atoms with Gasteiger partial charge in [0.25, 0.3) is 0 Å². The van der Waals surface area contributed by atoms with Crippen molar-refractivity contribution in [2.75, 3.05) is 52.1 Å². The zero-order valence-electron chi connectivity index (χ0n) is 24.0. The molecule has 4 heterocycles. The van der Waals surface area contributed by atoms with Gasteiger partial charge in [-0.2, -0.15) is 19.6 Å². The van der Waals surface area contributed by atoms with E-state index in [0.29, 0.717) is 51.1 Å². The summed E-state index contributed by atoms with van der Waals surface area (Å²) < 4.78 is 13.3. The fraction of sp³-hybridized carbons (Fsp3) is 0.667. The van der Waals surface area contributed by atoms with Crippen LogP contribution in [-0.4, -0.2) is 111 Å². The number of fused-ring (bicyclic) bond motifs is 1. The second kappa shape index (κ2) is 12.6. The molecule has 2 aromatic heterocycles. The van der Waals surface area contributed by atoms with Crippen molar-refractivity contribution in [3.8, 4) is 6.01 Å². The van der Waals surface area contributed by atoms with Gasteiger partial charge >= 0.3 is 12.1 Å². The van der Waals surface area contributed by atoms with E-state index in [-0.39, 0.29) is 36.2 Å². The highest BCUT2D eigenvalue weighted by atomic mass is 16.6. The molecular formula is C27H42N8O4. The van der Waals surface area contributed by atoms with Gasteiger partial charge in [-0.3, -0.25) is 4.79 Å². The van der Waals surface area contributed by atoms with Gasteiger partial charge in [0, 0.05) is 50.3 Å². The van der Waals surface area contributed by atoms with E-state index in [1.54, 1.807) is 20.4 Å². The van der Waals surface area contributed by atoms with Gasteiger partial charge in [0.15, 0.2) is 5.65 Å². The molecule has 214 valence electrons. The van der Waals surface area contributed by atoms with Gasteiger partial charge in [-0.05, 0) is 46.7 Å². The number of hydrogen-bond donors (Lipinski definition) is 1. The summed E-state index contributed by atoms with van der Waals surface area (Å²) >= 11 is 0. The summed E-state index contributed by atoms with van der Waals surface area (Å²) in [5.74, 6) is 0.802. The summed E-state index contributed by atoms with van der Waals surface area (Å²) in [5.41, 5.74) is 1.76. The molecule has 0 bridgehead atoms. The maximum Gasteiger partial charge on any atom is 0.410 e. The number of carbonyl (C=O) groups excluding carboxylic acids is 2. The second-order valence-electron chi connectivity index (χ2n) is 11.1. The largest absolute Gasteiger partial charge is 0.461 e. The summed E-state index contributed by atoms with van der Waals surface area (Å²) in [6, 6.07) is 0.431. The molecule has 2 aliphatic rings. The lowest BCUT2D eigenvalue weighted by Gasteiger charge is -2.32. The van der Waals surface area contributed by atoms with Crippen LogP contribution < -0.4 is 10.1 Å². The van der Waals surface area contributed by atoms with Crippen molar-refractivity contribution in [2.24, 2.45) is 0 Å². The minimum Gasteiger partial charge on any atom is -0.461 e. The van der Waals surface area contributed by atoms with Crippen molar-refractivity contribution in [1.29, 1.82) is 0 Å². The number of ether oxygens (including phenoxy) is 2. The van der Waals surface area contributed by atoms with Crippen LogP contribution in [0.25, 0.3) is 5.65 Å². The molecule has 2 saturated heterocycles. The van der Waals surface area contributed by atoms with Crippen LogP contribution >= 0.6 is 0 Å². The second-order valence-corrected chi connectivity index (χ2v) is 11.1. The molecule has 39 heavy (non-hydrogen) atoms. The number of anilines is 1. The molecule has 0 radical (unpaired) electrons. The molecule has 2 aliphatic heterocycles. The van der Waals surface area contributed by atoms with Crippen molar-refractivity contribution in [3.63, 3.8) is 0 Å². The van der Waals surface area contributed by atoms with Gasteiger partial charge in [0.2, 0.25) is 11.9 Å². The Morgan fingerprint density at radius 1 is 1.10 bits per heavy atom. The topological polar surface area (TPSA) is 117 Å². The molecule has 2 fully saturated rings. The minimum absolute atomic E-state index is 0.0410. The number of carbonyl (C=O) groups is 2. The molecule has 12 nitrogen and oxygen atoms in total. The molecule has 1 atom stereocenters. The summed E-state index contributed by atoms with van der Waals surface area (Å²) in [7, 11) is 3.91. The number of nitrogens with zero attached hydrogens (tertiary/aromatic N) is 7. The van der Waals surface area contributed by atoms with Crippen molar-refractivity contribution in [2.45, 2.75) is 71.1 Å². The van der Waals surface area contributed by atoms with E-state index < -0.39 is 0 Å². The number of nitrogens with one attached hydrogen (secondary N) is 1. The quantitative estimate of drug-likeness (QED) is 0.477. The van der Waals surface area contributed by atoms with Crippen molar-refractivity contribution in [1.82, 2.24) is 34.3 Å². The zero-order valence-corrected chi connectivity index (χ0v) is 24.0. The van der Waals surface area contributed by atoms with E-state index in [0.717, 1.165) is 24.1 Å². The van der Waals surface area contributed by atoms with E-state index in [2.05, 4.69) is 34.2 Å². The van der Waals surface area contributed by atoms with Crippen LogP contribution in [-0.2, 0) is 9.53 Å². The first-order valence-electron chi connectivity index (χ1n) is 13.8. The molecule has 1 N–H and O–H groups in total. The summed E-state index contributed by atoms with van der Waals surface area (Å²) in [5, 5.41) is 8.02. The highest BCUT2D eigenvalue weighted by Gasteiger charge is 2.31. The third-order valence-corrected chi connectivity index (χ3v) is 6.88. The van der Waals surface area contributed by atoms with Gasteiger partial charge in [0.1, 0.15) is 6.10 Å². The molecule has 4 rings (SSSR count). The van der Waals surface area contributed by atoms with Crippen LogP contribution in [0.1, 0.15) is 58.4 Å². The van der Waals surface area contributed by atoms with E-state index in [1.807, 2.05) is 45.1 Å². The Hall–Kier alpha value is -3.41. The van der Waals surface area contributed by atoms with Crippen molar-refractivity contribution < 1.29 is 19.1 Å². The normalized spacial score (nSPS) is 18.7. The van der Waals surface area contributed by atoms with E-state index in [4.69, 9.17) is 9.47 Å². The predicted octanol–water partition coefficient (Wildman–Crippen LogP) is 2.77. The summed E-state index contributed by atoms with van der Waals surface area (Å²) in [6.07, 6.45) is 6.77. The monoisotopic (exact) mass is 542 g/mol. The Morgan fingerprint density at radius 2 is 1.82 bits per heavy atom. The van der Waals surface area contributed by atoms with Gasteiger partial charge in [-0.1, -0.05) is 19.9 Å². The smallest absolute Gasteiger partial charge is 0.410 e. The highest BCUT2D eigenvalue weighted by molar-refractivity contribution is 5.87. The molecular weight excluding hydrogens is 500 g/mol. The number of amides is 2. The van der Waals surface area contributed by atoms with Crippen molar-refractivity contribution >= 4 is 23.6 Å². The Morgan fingerprint density at radius 3 is 2.49 bits per heavy atom. The lowest BCUT2D eigenvalue weighted by molar-refractivity contribution is -0.125. The molecule has 1 unspecified atom stereocenters. The Kier molecular flexibility index (Phi) is 9.26. The van der Waals surface area contributed by atoms with E-state index >= 15 is 0 Å². The molecule has 12 heteroatoms. The maximum atomic E-state index is 12.8. The fourth-order valence-electron chi connectivity index (χ4n) is 4.74. The zero-order chi connectivity index (χ0) is 28.1. The fourth-order valence-corrected chi connectivity index (χ4v) is 4.74. The Bertz CT molecular complexity index is 1170. The third kappa shape index (κ3) is 7.37. The van der Waals surface area contributed by atoms with Crippen LogP contribution in [0, 0.1) is 0 Å². The molecule has 0 spiro atoms. The van der Waals surface area contributed by atoms with Crippen LogP contribution in [0.15, 0.2) is 18.3 Å². The van der Waals surface area contributed by atoms with Crippen LogP contribution in [0.2, 0.25) is 0 Å². The lowest BCUT2D eigenvalue weighted by atomic mass is 10.1. The van der Waals surface area contributed by atoms with Crippen LogP contribution in [0.3, 0.4) is 0 Å². The molecule has 0 saturated carbocycles. The van der Waals surface area contributed by atoms with Gasteiger partial charge in [-0.15, -0.1) is 0 Å². The standard InChI is InChI=1S/C27H42N8O4/c1-18(2)22-16-28-35-24(22)30-26(38-19(3)4)31-25(35)29-20-9-13-33(14-10-20)27(37)39-21-11-15-34(17-21)23(36)8-7-12-32(5)6/h7-8,16,18-21H,9-15,17H2,1-6H3,(H,29,30,31)/b8-7+. The first-order chi connectivity index (χ1) is 18.6.